The highest BCUT2D eigenvalue weighted by Gasteiger charge is 2.26. The molecule has 0 aromatic heterocycles. The number of amides is 5. The van der Waals surface area contributed by atoms with Gasteiger partial charge in [-0.1, -0.05) is 18.2 Å². The van der Waals surface area contributed by atoms with Crippen LogP contribution in [0.4, 0.5) is 0 Å². The number of hydrogen-bond acceptors (Lipinski definition) is 6. The van der Waals surface area contributed by atoms with Crippen LogP contribution in [-0.4, -0.2) is 44.8 Å². The van der Waals surface area contributed by atoms with Crippen molar-refractivity contribution in [2.75, 3.05) is 0 Å². The molecule has 0 bridgehead atoms. The SMILES string of the molecule is O=C(CCC(=O)N(O)C(=O)c1ccccc1)NN1C(=O)C=CC1=O. The lowest BCUT2D eigenvalue weighted by atomic mass is 10.2. The molecule has 2 N–H and O–H groups in total. The summed E-state index contributed by atoms with van der Waals surface area (Å²) in [5.74, 6) is -4.11. The first-order chi connectivity index (χ1) is 11.4. The van der Waals surface area contributed by atoms with E-state index in [4.69, 9.17) is 0 Å². The van der Waals surface area contributed by atoms with Crippen LogP contribution >= 0.6 is 0 Å². The molecule has 0 atom stereocenters. The molecule has 0 radical (unpaired) electrons. The Kier molecular flexibility index (Phi) is 5.17. The lowest BCUT2D eigenvalue weighted by molar-refractivity contribution is -0.155. The van der Waals surface area contributed by atoms with Gasteiger partial charge in [0.05, 0.1) is 0 Å². The van der Waals surface area contributed by atoms with Crippen molar-refractivity contribution in [2.24, 2.45) is 0 Å². The lowest BCUT2D eigenvalue weighted by Gasteiger charge is -2.16. The van der Waals surface area contributed by atoms with Crippen molar-refractivity contribution in [1.29, 1.82) is 0 Å². The summed E-state index contributed by atoms with van der Waals surface area (Å²) in [7, 11) is 0. The van der Waals surface area contributed by atoms with Crippen molar-refractivity contribution in [3.63, 3.8) is 0 Å². The minimum atomic E-state index is -0.990. The minimum absolute atomic E-state index is 0.0731. The normalized spacial score (nSPS) is 13.1. The van der Waals surface area contributed by atoms with E-state index in [0.29, 0.717) is 5.01 Å². The van der Waals surface area contributed by atoms with Gasteiger partial charge >= 0.3 is 0 Å². The molecule has 0 unspecified atom stereocenters. The summed E-state index contributed by atoms with van der Waals surface area (Å²) in [6.45, 7) is 0. The lowest BCUT2D eigenvalue weighted by Crippen LogP contribution is -2.46. The number of carbonyl (C=O) groups is 5. The monoisotopic (exact) mass is 331 g/mol. The second-order valence-electron chi connectivity index (χ2n) is 4.76. The van der Waals surface area contributed by atoms with Gasteiger partial charge in [0.25, 0.3) is 23.6 Å². The van der Waals surface area contributed by atoms with Crippen molar-refractivity contribution < 1.29 is 29.2 Å². The standard InChI is InChI=1S/C15H13N3O6/c19-11(16-17-12(20)8-9-13(17)21)6-7-14(22)18(24)15(23)10-4-2-1-3-5-10/h1-5,8-9,24H,6-7H2,(H,16,19). The van der Waals surface area contributed by atoms with Crippen LogP contribution in [0.2, 0.25) is 0 Å². The second kappa shape index (κ2) is 7.29. The summed E-state index contributed by atoms with van der Waals surface area (Å²) >= 11 is 0. The van der Waals surface area contributed by atoms with Crippen LogP contribution in [0.3, 0.4) is 0 Å². The zero-order valence-electron chi connectivity index (χ0n) is 12.3. The molecule has 1 aromatic rings. The van der Waals surface area contributed by atoms with Gasteiger partial charge in [0, 0.05) is 30.6 Å². The molecule has 0 saturated carbocycles. The molecule has 24 heavy (non-hydrogen) atoms. The molecular weight excluding hydrogens is 318 g/mol. The summed E-state index contributed by atoms with van der Waals surface area (Å²) in [6, 6.07) is 7.64. The average molecular weight is 331 g/mol. The molecule has 0 aliphatic carbocycles. The van der Waals surface area contributed by atoms with Gasteiger partial charge in [-0.05, 0) is 12.1 Å². The van der Waals surface area contributed by atoms with Crippen molar-refractivity contribution in [1.82, 2.24) is 15.5 Å². The average Bonchev–Trinajstić information content (AvgIpc) is 2.91. The van der Waals surface area contributed by atoms with E-state index in [2.05, 4.69) is 0 Å². The quantitative estimate of drug-likeness (QED) is 0.437. The van der Waals surface area contributed by atoms with E-state index >= 15 is 0 Å². The van der Waals surface area contributed by atoms with E-state index in [9.17, 15) is 29.2 Å². The predicted octanol–water partition coefficient (Wildman–Crippen LogP) is -0.219. The molecule has 1 aromatic carbocycles. The third kappa shape index (κ3) is 3.90. The number of hydrogen-bond donors (Lipinski definition) is 2. The number of benzene rings is 1. The molecule has 124 valence electrons. The smallest absolute Gasteiger partial charge is 0.278 e. The van der Waals surface area contributed by atoms with Gasteiger partial charge in [0.15, 0.2) is 0 Å². The molecule has 9 nitrogen and oxygen atoms in total. The number of rotatable bonds is 5. The van der Waals surface area contributed by atoms with Gasteiger partial charge in [0.2, 0.25) is 5.91 Å². The van der Waals surface area contributed by atoms with Crippen LogP contribution in [0, 0.1) is 0 Å². The fourth-order valence-corrected chi connectivity index (χ4v) is 1.83. The third-order valence-electron chi connectivity index (χ3n) is 3.06. The fraction of sp³-hybridized carbons (Fsp3) is 0.133. The van der Waals surface area contributed by atoms with Crippen LogP contribution in [0.1, 0.15) is 23.2 Å². The Morgan fingerprint density at radius 2 is 1.58 bits per heavy atom. The molecular formula is C15H13N3O6. The Morgan fingerprint density at radius 3 is 2.17 bits per heavy atom. The highest BCUT2D eigenvalue weighted by atomic mass is 16.5. The van der Waals surface area contributed by atoms with Crippen molar-refractivity contribution >= 4 is 29.5 Å². The highest BCUT2D eigenvalue weighted by Crippen LogP contribution is 2.06. The summed E-state index contributed by atoms with van der Waals surface area (Å²) < 4.78 is 0. The van der Waals surface area contributed by atoms with Crippen molar-refractivity contribution in [3.05, 3.63) is 48.0 Å². The zero-order valence-corrected chi connectivity index (χ0v) is 12.3. The summed E-state index contributed by atoms with van der Waals surface area (Å²) in [4.78, 5) is 57.7. The Bertz CT molecular complexity index is 710. The molecule has 2 rings (SSSR count). The first kappa shape index (κ1) is 17.0. The van der Waals surface area contributed by atoms with E-state index in [1.165, 1.54) is 12.1 Å². The van der Waals surface area contributed by atoms with Gasteiger partial charge in [-0.3, -0.25) is 34.6 Å². The van der Waals surface area contributed by atoms with Crippen LogP contribution in [0.25, 0.3) is 0 Å². The molecule has 0 fully saturated rings. The number of imide groups is 2. The predicted molar refractivity (Wildman–Crippen MR) is 77.8 cm³/mol. The van der Waals surface area contributed by atoms with Gasteiger partial charge in [0.1, 0.15) is 0 Å². The Labute approximate surface area is 136 Å². The topological polar surface area (TPSA) is 124 Å². The highest BCUT2D eigenvalue weighted by molar-refractivity contribution is 6.13. The minimum Gasteiger partial charge on any atom is -0.278 e. The summed E-state index contributed by atoms with van der Waals surface area (Å²) in [5, 5.41) is 10.0. The number of nitrogens with one attached hydrogen (secondary N) is 1. The molecule has 0 saturated heterocycles. The number of hydrazine groups is 1. The van der Waals surface area contributed by atoms with Gasteiger partial charge < -0.3 is 0 Å². The molecule has 1 aliphatic heterocycles. The first-order valence-corrected chi connectivity index (χ1v) is 6.87. The van der Waals surface area contributed by atoms with Crippen LogP contribution < -0.4 is 5.43 Å². The largest absolute Gasteiger partial charge is 0.284 e. The van der Waals surface area contributed by atoms with E-state index in [1.807, 2.05) is 5.43 Å². The van der Waals surface area contributed by atoms with Crippen LogP contribution in [0.5, 0.6) is 0 Å². The van der Waals surface area contributed by atoms with E-state index < -0.39 is 42.4 Å². The first-order valence-electron chi connectivity index (χ1n) is 6.87. The van der Waals surface area contributed by atoms with Crippen LogP contribution in [-0.2, 0) is 19.2 Å². The number of hydroxylamine groups is 2. The summed E-state index contributed by atoms with van der Waals surface area (Å²) in [6.07, 6.45) is 1.07. The van der Waals surface area contributed by atoms with Gasteiger partial charge in [-0.15, -0.1) is 0 Å². The van der Waals surface area contributed by atoms with E-state index in [1.54, 1.807) is 18.2 Å². The van der Waals surface area contributed by atoms with Crippen molar-refractivity contribution in [3.8, 4) is 0 Å². The molecule has 1 heterocycles. The third-order valence-corrected chi connectivity index (χ3v) is 3.06. The van der Waals surface area contributed by atoms with Gasteiger partial charge in [-0.2, -0.15) is 10.1 Å². The maximum atomic E-state index is 11.8. The van der Waals surface area contributed by atoms with Gasteiger partial charge in [-0.25, -0.2) is 0 Å². The van der Waals surface area contributed by atoms with Crippen molar-refractivity contribution in [2.45, 2.75) is 12.8 Å². The fourth-order valence-electron chi connectivity index (χ4n) is 1.83. The molecule has 5 amide bonds. The van der Waals surface area contributed by atoms with Crippen LogP contribution in [0.15, 0.2) is 42.5 Å². The molecule has 0 spiro atoms. The maximum absolute atomic E-state index is 11.8. The Morgan fingerprint density at radius 1 is 1.00 bits per heavy atom. The number of nitrogens with zero attached hydrogens (tertiary/aromatic N) is 2. The number of carbonyl (C=O) groups excluding carboxylic acids is 5. The summed E-state index contributed by atoms with van der Waals surface area (Å²) in [5.41, 5.74) is 2.14. The van der Waals surface area contributed by atoms with E-state index in [0.717, 1.165) is 12.2 Å². The molecule has 1 aliphatic rings. The Balaban J connectivity index is 1.84. The second-order valence-corrected chi connectivity index (χ2v) is 4.76. The zero-order chi connectivity index (χ0) is 17.7. The Hall–Kier alpha value is -3.33. The van der Waals surface area contributed by atoms with E-state index in [-0.39, 0.29) is 10.6 Å². The maximum Gasteiger partial charge on any atom is 0.284 e. The molecule has 9 heteroatoms.